The van der Waals surface area contributed by atoms with Gasteiger partial charge in [0.1, 0.15) is 11.5 Å². The Morgan fingerprint density at radius 1 is 0.870 bits per heavy atom. The lowest BCUT2D eigenvalue weighted by molar-refractivity contribution is 0.0974. The van der Waals surface area contributed by atoms with E-state index in [-0.39, 0.29) is 33.8 Å². The molecule has 0 saturated carbocycles. The molecule has 0 bridgehead atoms. The number of hydrogen-bond donors (Lipinski definition) is 2. The average molecular weight is 306 g/mol. The minimum atomic E-state index is -0.419. The van der Waals surface area contributed by atoms with E-state index >= 15 is 0 Å². The van der Waals surface area contributed by atoms with Gasteiger partial charge in [0.25, 0.3) is 0 Å². The lowest BCUT2D eigenvalue weighted by Gasteiger charge is -2.25. The van der Waals surface area contributed by atoms with Crippen LogP contribution in [0.2, 0.25) is 0 Å². The molecule has 0 fully saturated rings. The maximum absolute atomic E-state index is 12.8. The van der Waals surface area contributed by atoms with Crippen molar-refractivity contribution in [1.29, 1.82) is 0 Å². The fraction of sp³-hybridized carbons (Fsp3) is 0.158. The summed E-state index contributed by atoms with van der Waals surface area (Å²) in [5.74, 6) is -1.19. The molecule has 0 saturated heterocycles. The predicted molar refractivity (Wildman–Crippen MR) is 84.2 cm³/mol. The van der Waals surface area contributed by atoms with Gasteiger partial charge in [-0.1, -0.05) is 35.9 Å². The van der Waals surface area contributed by atoms with Gasteiger partial charge in [0.05, 0.1) is 11.1 Å². The molecule has 0 aliphatic heterocycles. The number of benzene rings is 2. The van der Waals surface area contributed by atoms with E-state index in [1.165, 1.54) is 0 Å². The molecule has 4 rings (SSSR count). The number of allylic oxidation sites excluding steroid dienone is 2. The summed E-state index contributed by atoms with van der Waals surface area (Å²) < 4.78 is 0. The Labute approximate surface area is 132 Å². The first-order valence-electron chi connectivity index (χ1n) is 7.44. The molecule has 0 atom stereocenters. The second kappa shape index (κ2) is 4.56. The van der Waals surface area contributed by atoms with E-state index in [1.807, 2.05) is 13.0 Å². The molecule has 0 spiro atoms. The van der Waals surface area contributed by atoms with E-state index in [1.54, 1.807) is 24.3 Å². The van der Waals surface area contributed by atoms with Gasteiger partial charge in [-0.05, 0) is 19.8 Å². The Bertz CT molecular complexity index is 935. The van der Waals surface area contributed by atoms with Crippen molar-refractivity contribution in [1.82, 2.24) is 0 Å². The highest BCUT2D eigenvalue weighted by molar-refractivity contribution is 6.30. The summed E-state index contributed by atoms with van der Waals surface area (Å²) in [6.07, 6.45) is 2.86. The first-order valence-corrected chi connectivity index (χ1v) is 7.44. The molecule has 114 valence electrons. The number of carbonyl (C=O) groups excluding carboxylic acids is 2. The molecule has 0 heterocycles. The van der Waals surface area contributed by atoms with Gasteiger partial charge in [0.15, 0.2) is 11.6 Å². The van der Waals surface area contributed by atoms with Crippen LogP contribution in [0.5, 0.6) is 11.5 Å². The number of ketones is 2. The summed E-state index contributed by atoms with van der Waals surface area (Å²) in [5, 5.41) is 21.2. The van der Waals surface area contributed by atoms with Gasteiger partial charge in [-0.2, -0.15) is 0 Å². The number of aromatic hydroxyl groups is 2. The van der Waals surface area contributed by atoms with E-state index in [4.69, 9.17) is 0 Å². The van der Waals surface area contributed by atoms with Crippen molar-refractivity contribution in [3.8, 4) is 11.5 Å². The van der Waals surface area contributed by atoms with Gasteiger partial charge in [-0.25, -0.2) is 0 Å². The SMILES string of the molecule is CC1=CCc2c(O)c3c(c(O)c2C1)C(=O)c1ccccc1C3=O. The van der Waals surface area contributed by atoms with Gasteiger partial charge in [-0.15, -0.1) is 0 Å². The molecule has 4 nitrogen and oxygen atoms in total. The summed E-state index contributed by atoms with van der Waals surface area (Å²) >= 11 is 0. The molecular formula is C19H14O4. The zero-order valence-electron chi connectivity index (χ0n) is 12.5. The summed E-state index contributed by atoms with van der Waals surface area (Å²) in [6, 6.07) is 6.49. The Balaban J connectivity index is 2.07. The molecule has 2 aliphatic carbocycles. The Hall–Kier alpha value is -2.88. The van der Waals surface area contributed by atoms with Crippen LogP contribution in [-0.2, 0) is 12.8 Å². The van der Waals surface area contributed by atoms with Crippen LogP contribution in [0.3, 0.4) is 0 Å². The smallest absolute Gasteiger partial charge is 0.198 e. The lowest BCUT2D eigenvalue weighted by atomic mass is 9.78. The second-order valence-electron chi connectivity index (χ2n) is 6.04. The summed E-state index contributed by atoms with van der Waals surface area (Å²) in [5.41, 5.74) is 2.53. The monoisotopic (exact) mass is 306 g/mol. The number of phenols is 2. The van der Waals surface area contributed by atoms with Crippen molar-refractivity contribution in [3.05, 3.63) is 69.3 Å². The Morgan fingerprint density at radius 2 is 1.39 bits per heavy atom. The quantitative estimate of drug-likeness (QED) is 0.495. The third-order valence-electron chi connectivity index (χ3n) is 4.64. The summed E-state index contributed by atoms with van der Waals surface area (Å²) in [7, 11) is 0. The highest BCUT2D eigenvalue weighted by Crippen LogP contribution is 2.45. The van der Waals surface area contributed by atoms with Gasteiger partial charge in [0, 0.05) is 22.3 Å². The van der Waals surface area contributed by atoms with Crippen LogP contribution in [-0.4, -0.2) is 21.8 Å². The van der Waals surface area contributed by atoms with Crippen molar-refractivity contribution < 1.29 is 19.8 Å². The standard InChI is InChI=1S/C19H14O4/c1-9-6-7-12-13(8-9)19(23)15-14(18(12)22)16(20)10-4-2-3-5-11(10)17(15)21/h2-6,22-23H,7-8H2,1H3. The van der Waals surface area contributed by atoms with Crippen molar-refractivity contribution in [2.75, 3.05) is 0 Å². The number of hydrogen-bond acceptors (Lipinski definition) is 4. The number of fused-ring (bicyclic) bond motifs is 3. The molecule has 2 aromatic rings. The Kier molecular flexibility index (Phi) is 2.73. The van der Waals surface area contributed by atoms with Gasteiger partial charge < -0.3 is 10.2 Å². The summed E-state index contributed by atoms with van der Waals surface area (Å²) in [4.78, 5) is 25.5. The van der Waals surface area contributed by atoms with Gasteiger partial charge in [-0.3, -0.25) is 9.59 Å². The normalized spacial score (nSPS) is 15.6. The minimum absolute atomic E-state index is 0.0698. The molecule has 2 aromatic carbocycles. The molecule has 2 aliphatic rings. The van der Waals surface area contributed by atoms with Crippen molar-refractivity contribution in [3.63, 3.8) is 0 Å². The zero-order chi connectivity index (χ0) is 16.3. The van der Waals surface area contributed by atoms with E-state index in [0.29, 0.717) is 24.0 Å². The zero-order valence-corrected chi connectivity index (χ0v) is 12.5. The topological polar surface area (TPSA) is 74.6 Å². The Morgan fingerprint density at radius 3 is 1.96 bits per heavy atom. The van der Waals surface area contributed by atoms with Crippen molar-refractivity contribution in [2.45, 2.75) is 19.8 Å². The van der Waals surface area contributed by atoms with E-state index in [0.717, 1.165) is 5.57 Å². The minimum Gasteiger partial charge on any atom is -0.507 e. The first-order chi connectivity index (χ1) is 11.0. The molecule has 2 N–H and O–H groups in total. The second-order valence-corrected chi connectivity index (χ2v) is 6.04. The maximum atomic E-state index is 12.8. The fourth-order valence-electron chi connectivity index (χ4n) is 3.45. The van der Waals surface area contributed by atoms with Crippen LogP contribution in [0.25, 0.3) is 0 Å². The molecular weight excluding hydrogens is 292 g/mol. The fourth-order valence-corrected chi connectivity index (χ4v) is 3.45. The number of rotatable bonds is 0. The molecule has 0 unspecified atom stereocenters. The van der Waals surface area contributed by atoms with Crippen LogP contribution < -0.4 is 0 Å². The van der Waals surface area contributed by atoms with Crippen LogP contribution in [0.1, 0.15) is 49.9 Å². The average Bonchev–Trinajstić information content (AvgIpc) is 2.56. The molecule has 0 amide bonds. The molecule has 23 heavy (non-hydrogen) atoms. The lowest BCUT2D eigenvalue weighted by Crippen LogP contribution is -2.23. The van der Waals surface area contributed by atoms with E-state index < -0.39 is 11.6 Å². The highest BCUT2D eigenvalue weighted by atomic mass is 16.3. The van der Waals surface area contributed by atoms with Crippen LogP contribution >= 0.6 is 0 Å². The molecule has 4 heteroatoms. The van der Waals surface area contributed by atoms with Crippen molar-refractivity contribution in [2.24, 2.45) is 0 Å². The van der Waals surface area contributed by atoms with Crippen LogP contribution in [0, 0.1) is 0 Å². The van der Waals surface area contributed by atoms with E-state index in [9.17, 15) is 19.8 Å². The maximum Gasteiger partial charge on any atom is 0.198 e. The highest BCUT2D eigenvalue weighted by Gasteiger charge is 2.37. The van der Waals surface area contributed by atoms with Crippen molar-refractivity contribution >= 4 is 11.6 Å². The molecule has 0 aromatic heterocycles. The largest absolute Gasteiger partial charge is 0.507 e. The predicted octanol–water partition coefficient (Wildman–Crippen LogP) is 2.92. The molecule has 0 radical (unpaired) electrons. The third kappa shape index (κ3) is 1.72. The van der Waals surface area contributed by atoms with Gasteiger partial charge >= 0.3 is 0 Å². The third-order valence-corrected chi connectivity index (χ3v) is 4.64. The van der Waals surface area contributed by atoms with Crippen LogP contribution in [0.4, 0.5) is 0 Å². The first kappa shape index (κ1) is 13.8. The number of phenolic OH excluding ortho intramolecular Hbond substituents is 2. The summed E-state index contributed by atoms with van der Waals surface area (Å²) in [6.45, 7) is 1.93. The number of carbonyl (C=O) groups is 2. The van der Waals surface area contributed by atoms with Crippen LogP contribution in [0.15, 0.2) is 35.9 Å². The van der Waals surface area contributed by atoms with E-state index in [2.05, 4.69) is 0 Å². The van der Waals surface area contributed by atoms with Gasteiger partial charge in [0.2, 0.25) is 0 Å².